The Morgan fingerprint density at radius 2 is 1.67 bits per heavy atom. The highest BCUT2D eigenvalue weighted by Crippen LogP contribution is 2.22. The van der Waals surface area contributed by atoms with Gasteiger partial charge in [0.2, 0.25) is 0 Å². The summed E-state index contributed by atoms with van der Waals surface area (Å²) in [7, 11) is -3.62. The second-order valence-corrected chi connectivity index (χ2v) is 6.85. The van der Waals surface area contributed by atoms with E-state index in [2.05, 4.69) is 4.72 Å². The van der Waals surface area contributed by atoms with Crippen LogP contribution in [-0.4, -0.2) is 13.5 Å². The summed E-state index contributed by atoms with van der Waals surface area (Å²) in [6.45, 7) is 5.46. The number of hydrogen-bond donors (Lipinski definition) is 2. The molecule has 2 aromatic carbocycles. The fourth-order valence-corrected chi connectivity index (χ4v) is 3.19. The first kappa shape index (κ1) is 15.5. The Bertz CT molecular complexity index is 735. The third kappa shape index (κ3) is 3.62. The first-order valence-electron chi connectivity index (χ1n) is 6.68. The number of aryl methyl sites for hydroxylation is 2. The van der Waals surface area contributed by atoms with Crippen LogP contribution in [0.25, 0.3) is 0 Å². The van der Waals surface area contributed by atoms with Gasteiger partial charge in [-0.15, -0.1) is 0 Å². The number of hydrogen-bond acceptors (Lipinski definition) is 3. The van der Waals surface area contributed by atoms with E-state index in [9.17, 15) is 13.5 Å². The molecule has 4 nitrogen and oxygen atoms in total. The molecular weight excluding hydrogens is 286 g/mol. The predicted octanol–water partition coefficient (Wildman–Crippen LogP) is 3.16. The van der Waals surface area contributed by atoms with Crippen LogP contribution < -0.4 is 4.72 Å². The van der Waals surface area contributed by atoms with Crippen molar-refractivity contribution >= 4 is 15.7 Å². The molecule has 0 saturated carbocycles. The van der Waals surface area contributed by atoms with E-state index < -0.39 is 16.1 Å². The Balaban J connectivity index is 2.29. The minimum atomic E-state index is -3.62. The monoisotopic (exact) mass is 305 g/mol. The maximum atomic E-state index is 12.3. The Labute approximate surface area is 125 Å². The fourth-order valence-electron chi connectivity index (χ4n) is 2.06. The molecule has 2 rings (SSSR count). The Morgan fingerprint density at radius 3 is 2.19 bits per heavy atom. The van der Waals surface area contributed by atoms with Crippen molar-refractivity contribution in [1.29, 1.82) is 0 Å². The summed E-state index contributed by atoms with van der Waals surface area (Å²) in [5.41, 5.74) is 3.21. The van der Waals surface area contributed by atoms with Crippen LogP contribution in [0.1, 0.15) is 29.7 Å². The van der Waals surface area contributed by atoms with Crippen LogP contribution in [0, 0.1) is 13.8 Å². The molecule has 0 radical (unpaired) electrons. The van der Waals surface area contributed by atoms with Crippen molar-refractivity contribution in [2.24, 2.45) is 0 Å². The molecule has 0 spiro atoms. The van der Waals surface area contributed by atoms with Gasteiger partial charge < -0.3 is 5.11 Å². The average Bonchev–Trinajstić information content (AvgIpc) is 2.42. The van der Waals surface area contributed by atoms with Crippen molar-refractivity contribution in [3.63, 3.8) is 0 Å². The zero-order valence-electron chi connectivity index (χ0n) is 12.3. The third-order valence-electron chi connectivity index (χ3n) is 3.30. The Morgan fingerprint density at radius 1 is 1.05 bits per heavy atom. The summed E-state index contributed by atoms with van der Waals surface area (Å²) in [5.74, 6) is 0. The topological polar surface area (TPSA) is 66.4 Å². The van der Waals surface area contributed by atoms with Crippen LogP contribution in [0.4, 0.5) is 5.69 Å². The highest BCUT2D eigenvalue weighted by molar-refractivity contribution is 7.92. The molecule has 0 bridgehead atoms. The molecule has 0 aliphatic rings. The molecule has 0 aliphatic heterocycles. The van der Waals surface area contributed by atoms with E-state index in [1.165, 1.54) is 12.1 Å². The quantitative estimate of drug-likeness (QED) is 0.912. The molecule has 2 aromatic rings. The summed E-state index contributed by atoms with van der Waals surface area (Å²) in [6, 6.07) is 11.8. The number of rotatable bonds is 4. The number of benzene rings is 2. The minimum Gasteiger partial charge on any atom is -0.389 e. The summed E-state index contributed by atoms with van der Waals surface area (Å²) >= 11 is 0. The highest BCUT2D eigenvalue weighted by atomic mass is 32.2. The van der Waals surface area contributed by atoms with Gasteiger partial charge in [-0.2, -0.15) is 0 Å². The normalized spacial score (nSPS) is 13.0. The lowest BCUT2D eigenvalue weighted by Gasteiger charge is -2.12. The van der Waals surface area contributed by atoms with Gasteiger partial charge in [-0.1, -0.05) is 29.8 Å². The van der Waals surface area contributed by atoms with Crippen molar-refractivity contribution < 1.29 is 13.5 Å². The SMILES string of the molecule is Cc1ccc(NS(=O)(=O)c2ccc(C(C)O)cc2)c(C)c1. The maximum absolute atomic E-state index is 12.3. The standard InChI is InChI=1S/C16H19NO3S/c1-11-4-9-16(12(2)10-11)17-21(19,20)15-7-5-14(6-8-15)13(3)18/h4-10,13,17-18H,1-3H3. The Kier molecular flexibility index (Phi) is 4.34. The Hall–Kier alpha value is -1.85. The molecule has 2 N–H and O–H groups in total. The summed E-state index contributed by atoms with van der Waals surface area (Å²) in [4.78, 5) is 0.173. The van der Waals surface area contributed by atoms with Gasteiger partial charge in [0, 0.05) is 0 Å². The van der Waals surface area contributed by atoms with Gasteiger partial charge in [0.05, 0.1) is 16.7 Å². The number of sulfonamides is 1. The summed E-state index contributed by atoms with van der Waals surface area (Å²) in [6.07, 6.45) is -0.617. The minimum absolute atomic E-state index is 0.173. The molecule has 0 aromatic heterocycles. The van der Waals surface area contributed by atoms with Crippen molar-refractivity contribution in [3.05, 3.63) is 59.2 Å². The number of aliphatic hydroxyl groups excluding tert-OH is 1. The van der Waals surface area contributed by atoms with Crippen molar-refractivity contribution in [1.82, 2.24) is 0 Å². The molecule has 5 heteroatoms. The molecule has 112 valence electrons. The highest BCUT2D eigenvalue weighted by Gasteiger charge is 2.15. The van der Waals surface area contributed by atoms with Gasteiger partial charge in [0.1, 0.15) is 0 Å². The van der Waals surface area contributed by atoms with E-state index in [1.807, 2.05) is 26.0 Å². The van der Waals surface area contributed by atoms with Gasteiger partial charge in [0.25, 0.3) is 10.0 Å². The zero-order chi connectivity index (χ0) is 15.6. The van der Waals surface area contributed by atoms with Crippen molar-refractivity contribution in [2.75, 3.05) is 4.72 Å². The van der Waals surface area contributed by atoms with Gasteiger partial charge in [-0.05, 0) is 50.1 Å². The summed E-state index contributed by atoms with van der Waals surface area (Å²) in [5, 5.41) is 9.45. The van der Waals surface area contributed by atoms with Crippen LogP contribution in [0.2, 0.25) is 0 Å². The first-order chi connectivity index (χ1) is 9.79. The van der Waals surface area contributed by atoms with Gasteiger partial charge >= 0.3 is 0 Å². The van der Waals surface area contributed by atoms with Crippen molar-refractivity contribution in [2.45, 2.75) is 31.8 Å². The molecule has 0 aliphatic carbocycles. The molecule has 0 saturated heterocycles. The smallest absolute Gasteiger partial charge is 0.261 e. The fraction of sp³-hybridized carbons (Fsp3) is 0.250. The first-order valence-corrected chi connectivity index (χ1v) is 8.16. The molecular formula is C16H19NO3S. The number of aliphatic hydroxyl groups is 1. The summed E-state index contributed by atoms with van der Waals surface area (Å²) < 4.78 is 27.3. The molecule has 1 atom stereocenters. The van der Waals surface area contributed by atoms with E-state index >= 15 is 0 Å². The lowest BCUT2D eigenvalue weighted by Crippen LogP contribution is -2.14. The van der Waals surface area contributed by atoms with Gasteiger partial charge in [-0.25, -0.2) is 8.42 Å². The molecule has 0 amide bonds. The molecule has 1 unspecified atom stereocenters. The van der Waals surface area contributed by atoms with Crippen LogP contribution in [0.5, 0.6) is 0 Å². The molecule has 0 heterocycles. The third-order valence-corrected chi connectivity index (χ3v) is 4.68. The van der Waals surface area contributed by atoms with Crippen molar-refractivity contribution in [3.8, 4) is 0 Å². The van der Waals surface area contributed by atoms with Gasteiger partial charge in [-0.3, -0.25) is 4.72 Å². The number of nitrogens with one attached hydrogen (secondary N) is 1. The second-order valence-electron chi connectivity index (χ2n) is 5.17. The van der Waals surface area contributed by atoms with Crippen LogP contribution in [0.15, 0.2) is 47.4 Å². The lowest BCUT2D eigenvalue weighted by atomic mass is 10.1. The second kappa shape index (κ2) is 5.87. The molecule has 21 heavy (non-hydrogen) atoms. The van der Waals surface area contributed by atoms with Crippen LogP contribution in [-0.2, 0) is 10.0 Å². The average molecular weight is 305 g/mol. The van der Waals surface area contributed by atoms with Gasteiger partial charge in [0.15, 0.2) is 0 Å². The van der Waals surface area contributed by atoms with Crippen LogP contribution >= 0.6 is 0 Å². The number of anilines is 1. The lowest BCUT2D eigenvalue weighted by molar-refractivity contribution is 0.199. The van der Waals surface area contributed by atoms with E-state index in [4.69, 9.17) is 0 Å². The predicted molar refractivity (Wildman–Crippen MR) is 83.8 cm³/mol. The zero-order valence-corrected chi connectivity index (χ0v) is 13.1. The van der Waals surface area contributed by atoms with Crippen LogP contribution in [0.3, 0.4) is 0 Å². The molecule has 0 fully saturated rings. The van der Waals surface area contributed by atoms with E-state index in [0.29, 0.717) is 11.3 Å². The maximum Gasteiger partial charge on any atom is 0.261 e. The van der Waals surface area contributed by atoms with E-state index in [0.717, 1.165) is 11.1 Å². The van der Waals surface area contributed by atoms with E-state index in [1.54, 1.807) is 25.1 Å². The largest absolute Gasteiger partial charge is 0.389 e. The van der Waals surface area contributed by atoms with E-state index in [-0.39, 0.29) is 4.90 Å².